The summed E-state index contributed by atoms with van der Waals surface area (Å²) in [6.45, 7) is 1.96. The van der Waals surface area contributed by atoms with Crippen molar-refractivity contribution >= 4 is 43.3 Å². The van der Waals surface area contributed by atoms with Gasteiger partial charge in [-0.05, 0) is 64.8 Å². The van der Waals surface area contributed by atoms with Crippen LogP contribution in [0.2, 0.25) is 0 Å². The van der Waals surface area contributed by atoms with Crippen molar-refractivity contribution in [2.75, 3.05) is 5.73 Å². The van der Waals surface area contributed by atoms with E-state index in [-0.39, 0.29) is 5.78 Å². The molecule has 0 amide bonds. The summed E-state index contributed by atoms with van der Waals surface area (Å²) in [5.41, 5.74) is 8.66. The number of halogens is 2. The summed E-state index contributed by atoms with van der Waals surface area (Å²) in [6, 6.07) is 10.9. The number of aryl methyl sites for hydroxylation is 1. The molecule has 4 heteroatoms. The summed E-state index contributed by atoms with van der Waals surface area (Å²) in [5.74, 6) is -0.0138. The molecule has 0 atom stereocenters. The van der Waals surface area contributed by atoms with Gasteiger partial charge in [0.05, 0.1) is 0 Å². The molecule has 92 valence electrons. The zero-order valence-electron chi connectivity index (χ0n) is 9.71. The van der Waals surface area contributed by atoms with Crippen LogP contribution in [-0.2, 0) is 0 Å². The molecule has 0 heterocycles. The zero-order chi connectivity index (χ0) is 13.3. The summed E-state index contributed by atoms with van der Waals surface area (Å²) >= 11 is 6.73. The van der Waals surface area contributed by atoms with Crippen molar-refractivity contribution in [1.82, 2.24) is 0 Å². The number of carbonyl (C=O) groups excluding carboxylic acids is 1. The first kappa shape index (κ1) is 13.3. The molecule has 0 radical (unpaired) electrons. The van der Waals surface area contributed by atoms with Gasteiger partial charge in [0.25, 0.3) is 0 Å². The van der Waals surface area contributed by atoms with Crippen molar-refractivity contribution in [2.24, 2.45) is 0 Å². The van der Waals surface area contributed by atoms with Crippen LogP contribution in [0.3, 0.4) is 0 Å². The first-order valence-corrected chi connectivity index (χ1v) is 6.93. The minimum Gasteiger partial charge on any atom is -0.398 e. The Bertz CT molecular complexity index is 603. The Hall–Kier alpha value is -1.13. The SMILES string of the molecule is Cc1cc(Br)cc(C(=O)c2ccc(N)c(Br)c2)c1. The van der Waals surface area contributed by atoms with E-state index in [0.717, 1.165) is 14.5 Å². The maximum Gasteiger partial charge on any atom is 0.193 e. The number of nitrogens with two attached hydrogens (primary N) is 1. The Morgan fingerprint density at radius 3 is 2.39 bits per heavy atom. The molecule has 0 aliphatic carbocycles. The van der Waals surface area contributed by atoms with Crippen LogP contribution < -0.4 is 5.73 Å². The Kier molecular flexibility index (Phi) is 3.88. The predicted octanol–water partition coefficient (Wildman–Crippen LogP) is 4.33. The van der Waals surface area contributed by atoms with Gasteiger partial charge in [-0.1, -0.05) is 15.9 Å². The Morgan fingerprint density at radius 1 is 1.06 bits per heavy atom. The van der Waals surface area contributed by atoms with Crippen LogP contribution in [0.4, 0.5) is 5.69 Å². The summed E-state index contributed by atoms with van der Waals surface area (Å²) < 4.78 is 1.64. The Labute approximate surface area is 122 Å². The quantitative estimate of drug-likeness (QED) is 0.633. The third-order valence-electron chi connectivity index (χ3n) is 2.57. The van der Waals surface area contributed by atoms with Crippen LogP contribution in [0.15, 0.2) is 45.3 Å². The van der Waals surface area contributed by atoms with Gasteiger partial charge in [-0.25, -0.2) is 0 Å². The molecule has 2 N–H and O–H groups in total. The molecule has 0 spiro atoms. The molecule has 2 aromatic carbocycles. The summed E-state index contributed by atoms with van der Waals surface area (Å²) in [6.07, 6.45) is 0. The van der Waals surface area contributed by atoms with Gasteiger partial charge < -0.3 is 5.73 Å². The highest BCUT2D eigenvalue weighted by molar-refractivity contribution is 9.10. The van der Waals surface area contributed by atoms with Gasteiger partial charge in [0.1, 0.15) is 0 Å². The molecule has 0 aliphatic rings. The van der Waals surface area contributed by atoms with E-state index >= 15 is 0 Å². The van der Waals surface area contributed by atoms with Crippen molar-refractivity contribution in [3.05, 3.63) is 62.0 Å². The van der Waals surface area contributed by atoms with Crippen LogP contribution in [0.5, 0.6) is 0 Å². The minimum atomic E-state index is -0.0138. The standard InChI is InChI=1S/C14H11Br2NO/c1-8-4-10(6-11(15)5-8)14(18)9-2-3-13(17)12(16)7-9/h2-7H,17H2,1H3. The third kappa shape index (κ3) is 2.82. The van der Waals surface area contributed by atoms with Gasteiger partial charge in [0.15, 0.2) is 5.78 Å². The van der Waals surface area contributed by atoms with E-state index < -0.39 is 0 Å². The molecule has 0 fully saturated rings. The fraction of sp³-hybridized carbons (Fsp3) is 0.0714. The lowest BCUT2D eigenvalue weighted by atomic mass is 10.0. The van der Waals surface area contributed by atoms with E-state index in [0.29, 0.717) is 16.8 Å². The van der Waals surface area contributed by atoms with Gasteiger partial charge >= 0.3 is 0 Å². The number of hydrogen-bond donors (Lipinski definition) is 1. The molecule has 2 aromatic rings. The van der Waals surface area contributed by atoms with Crippen LogP contribution >= 0.6 is 31.9 Å². The van der Waals surface area contributed by atoms with Crippen LogP contribution in [0, 0.1) is 6.92 Å². The van der Waals surface area contributed by atoms with E-state index in [1.165, 1.54) is 0 Å². The van der Waals surface area contributed by atoms with Crippen LogP contribution in [0.25, 0.3) is 0 Å². The van der Waals surface area contributed by atoms with Crippen molar-refractivity contribution in [2.45, 2.75) is 6.92 Å². The number of carbonyl (C=O) groups is 1. The number of benzene rings is 2. The monoisotopic (exact) mass is 367 g/mol. The molecule has 0 saturated carbocycles. The highest BCUT2D eigenvalue weighted by atomic mass is 79.9. The fourth-order valence-corrected chi connectivity index (χ4v) is 2.69. The summed E-state index contributed by atoms with van der Waals surface area (Å²) in [4.78, 5) is 12.3. The topological polar surface area (TPSA) is 43.1 Å². The lowest BCUT2D eigenvalue weighted by Gasteiger charge is -2.05. The second kappa shape index (κ2) is 5.24. The average molecular weight is 369 g/mol. The van der Waals surface area contributed by atoms with E-state index in [4.69, 9.17) is 5.73 Å². The molecule has 2 rings (SSSR count). The van der Waals surface area contributed by atoms with E-state index in [9.17, 15) is 4.79 Å². The average Bonchev–Trinajstić information content (AvgIpc) is 2.30. The van der Waals surface area contributed by atoms with Gasteiger partial charge in [0.2, 0.25) is 0 Å². The second-order valence-electron chi connectivity index (χ2n) is 4.08. The van der Waals surface area contributed by atoms with Crippen molar-refractivity contribution < 1.29 is 4.79 Å². The van der Waals surface area contributed by atoms with Gasteiger partial charge in [-0.3, -0.25) is 4.79 Å². The number of hydrogen-bond acceptors (Lipinski definition) is 2. The fourth-order valence-electron chi connectivity index (χ4n) is 1.70. The van der Waals surface area contributed by atoms with Crippen LogP contribution in [-0.4, -0.2) is 5.78 Å². The molecule has 2 nitrogen and oxygen atoms in total. The maximum absolute atomic E-state index is 12.3. The maximum atomic E-state index is 12.3. The predicted molar refractivity (Wildman–Crippen MR) is 80.9 cm³/mol. The molecule has 0 unspecified atom stereocenters. The first-order valence-electron chi connectivity index (χ1n) is 5.34. The van der Waals surface area contributed by atoms with E-state index in [1.54, 1.807) is 18.2 Å². The molecule has 0 aromatic heterocycles. The Morgan fingerprint density at radius 2 is 1.78 bits per heavy atom. The molecule has 18 heavy (non-hydrogen) atoms. The normalized spacial score (nSPS) is 10.4. The number of ketones is 1. The molecule has 0 bridgehead atoms. The zero-order valence-corrected chi connectivity index (χ0v) is 12.9. The lowest BCUT2D eigenvalue weighted by molar-refractivity contribution is 0.103. The third-order valence-corrected chi connectivity index (χ3v) is 3.71. The Balaban J connectivity index is 2.44. The van der Waals surface area contributed by atoms with Crippen molar-refractivity contribution in [3.63, 3.8) is 0 Å². The van der Waals surface area contributed by atoms with Crippen molar-refractivity contribution in [1.29, 1.82) is 0 Å². The van der Waals surface area contributed by atoms with Crippen molar-refractivity contribution in [3.8, 4) is 0 Å². The second-order valence-corrected chi connectivity index (χ2v) is 5.85. The van der Waals surface area contributed by atoms with Crippen LogP contribution in [0.1, 0.15) is 21.5 Å². The first-order chi connectivity index (χ1) is 8.47. The van der Waals surface area contributed by atoms with E-state index in [1.807, 2.05) is 25.1 Å². The highest BCUT2D eigenvalue weighted by Crippen LogP contribution is 2.23. The van der Waals surface area contributed by atoms with Gasteiger partial charge in [0, 0.05) is 25.8 Å². The summed E-state index contributed by atoms with van der Waals surface area (Å²) in [5, 5.41) is 0. The summed E-state index contributed by atoms with van der Waals surface area (Å²) in [7, 11) is 0. The largest absolute Gasteiger partial charge is 0.398 e. The number of anilines is 1. The molecular formula is C14H11Br2NO. The number of nitrogen functional groups attached to an aromatic ring is 1. The molecule has 0 saturated heterocycles. The molecule has 0 aliphatic heterocycles. The smallest absolute Gasteiger partial charge is 0.193 e. The minimum absolute atomic E-state index is 0.0138. The number of rotatable bonds is 2. The van der Waals surface area contributed by atoms with Gasteiger partial charge in [-0.2, -0.15) is 0 Å². The lowest BCUT2D eigenvalue weighted by Crippen LogP contribution is -2.02. The highest BCUT2D eigenvalue weighted by Gasteiger charge is 2.11. The molecular weight excluding hydrogens is 358 g/mol. The van der Waals surface area contributed by atoms with Gasteiger partial charge in [-0.15, -0.1) is 0 Å². The van der Waals surface area contributed by atoms with E-state index in [2.05, 4.69) is 31.9 Å².